The molecule has 0 spiro atoms. The van der Waals surface area contributed by atoms with E-state index in [0.29, 0.717) is 19.6 Å². The minimum absolute atomic E-state index is 0.112. The van der Waals surface area contributed by atoms with Gasteiger partial charge in [0.2, 0.25) is 5.91 Å². The van der Waals surface area contributed by atoms with Crippen LogP contribution in [-0.4, -0.2) is 16.8 Å². The van der Waals surface area contributed by atoms with Gasteiger partial charge in [-0.15, -0.1) is 23.2 Å². The van der Waals surface area contributed by atoms with Crippen molar-refractivity contribution >= 4 is 29.1 Å². The molecule has 0 heterocycles. The molecule has 2 rings (SSSR count). The quantitative estimate of drug-likeness (QED) is 0.848. The van der Waals surface area contributed by atoms with Crippen LogP contribution in [0.2, 0.25) is 0 Å². The summed E-state index contributed by atoms with van der Waals surface area (Å²) in [4.78, 5) is 12.0. The Morgan fingerprint density at radius 1 is 1.47 bits per heavy atom. The summed E-state index contributed by atoms with van der Waals surface area (Å²) >= 11 is 12.0. The Hall–Kier alpha value is -0.930. The third-order valence-corrected chi connectivity index (χ3v) is 4.52. The van der Waals surface area contributed by atoms with Crippen molar-refractivity contribution in [3.05, 3.63) is 29.8 Å². The van der Waals surface area contributed by atoms with Gasteiger partial charge < -0.3 is 10.1 Å². The summed E-state index contributed by atoms with van der Waals surface area (Å²) in [5, 5.41) is 2.86. The van der Waals surface area contributed by atoms with Crippen molar-refractivity contribution in [3.8, 4) is 5.75 Å². The van der Waals surface area contributed by atoms with Crippen molar-refractivity contribution in [3.63, 3.8) is 0 Å². The second-order valence-electron chi connectivity index (χ2n) is 4.98. The monoisotopic (exact) mass is 301 g/mol. The number of alkyl halides is 2. The molecule has 1 fully saturated rings. The molecular weight excluding hydrogens is 285 g/mol. The van der Waals surface area contributed by atoms with Gasteiger partial charge in [-0.05, 0) is 38.0 Å². The van der Waals surface area contributed by atoms with Gasteiger partial charge in [-0.2, -0.15) is 0 Å². The van der Waals surface area contributed by atoms with Crippen molar-refractivity contribution in [2.24, 2.45) is 5.41 Å². The van der Waals surface area contributed by atoms with E-state index in [1.165, 1.54) is 0 Å². The molecule has 1 saturated carbocycles. The normalized spacial score (nSPS) is 23.8. The highest BCUT2D eigenvalue weighted by Crippen LogP contribution is 2.63. The Kier molecular flexibility index (Phi) is 3.98. The maximum absolute atomic E-state index is 12.0. The lowest BCUT2D eigenvalue weighted by Gasteiger charge is -2.13. The molecular formula is C14H17Cl2NO2. The summed E-state index contributed by atoms with van der Waals surface area (Å²) in [5.41, 5.74) is 0.312. The second kappa shape index (κ2) is 5.22. The molecule has 0 saturated heterocycles. The predicted molar refractivity (Wildman–Crippen MR) is 76.6 cm³/mol. The third kappa shape index (κ3) is 2.98. The van der Waals surface area contributed by atoms with Crippen LogP contribution in [0.4, 0.5) is 0 Å². The molecule has 1 N–H and O–H groups in total. The summed E-state index contributed by atoms with van der Waals surface area (Å²) in [6.45, 7) is 4.77. The number of rotatable bonds is 5. The highest BCUT2D eigenvalue weighted by atomic mass is 35.5. The maximum Gasteiger partial charge on any atom is 0.229 e. The Morgan fingerprint density at radius 2 is 2.16 bits per heavy atom. The number of amides is 1. The molecule has 0 aromatic heterocycles. The molecule has 1 aromatic rings. The van der Waals surface area contributed by atoms with Crippen LogP contribution in [0.15, 0.2) is 24.3 Å². The Balaban J connectivity index is 1.92. The second-order valence-corrected chi connectivity index (χ2v) is 6.46. The van der Waals surface area contributed by atoms with Gasteiger partial charge in [0.15, 0.2) is 0 Å². The largest absolute Gasteiger partial charge is 0.494 e. The number of carbonyl (C=O) groups excluding carboxylic acids is 1. The Bertz CT molecular complexity index is 490. The first-order chi connectivity index (χ1) is 8.89. The molecule has 104 valence electrons. The van der Waals surface area contributed by atoms with Gasteiger partial charge in [0, 0.05) is 6.54 Å². The standard InChI is InChI=1S/C14H17Cl2NO2/c1-3-19-11-6-4-5-10(7-11)8-17-12(18)13(2)9-14(13,15)16/h4-7H,3,8-9H2,1-2H3,(H,17,18). The summed E-state index contributed by atoms with van der Waals surface area (Å²) in [5.74, 6) is 0.690. The number of benzene rings is 1. The van der Waals surface area contributed by atoms with E-state index in [-0.39, 0.29) is 5.91 Å². The van der Waals surface area contributed by atoms with E-state index >= 15 is 0 Å². The smallest absolute Gasteiger partial charge is 0.229 e. The number of carbonyl (C=O) groups is 1. The van der Waals surface area contributed by atoms with E-state index in [0.717, 1.165) is 11.3 Å². The van der Waals surface area contributed by atoms with Crippen LogP contribution in [0.25, 0.3) is 0 Å². The SMILES string of the molecule is CCOc1cccc(CNC(=O)C2(C)CC2(Cl)Cl)c1. The summed E-state index contributed by atoms with van der Waals surface area (Å²) < 4.78 is 4.48. The molecule has 1 amide bonds. The summed E-state index contributed by atoms with van der Waals surface area (Å²) in [6, 6.07) is 7.64. The van der Waals surface area contributed by atoms with Crippen molar-refractivity contribution in [2.45, 2.75) is 31.1 Å². The highest BCUT2D eigenvalue weighted by molar-refractivity contribution is 6.53. The van der Waals surface area contributed by atoms with Crippen LogP contribution in [0.5, 0.6) is 5.75 Å². The van der Waals surface area contributed by atoms with Gasteiger partial charge in [0.05, 0.1) is 12.0 Å². The van der Waals surface area contributed by atoms with E-state index in [9.17, 15) is 4.79 Å². The topological polar surface area (TPSA) is 38.3 Å². The fourth-order valence-corrected chi connectivity index (χ4v) is 2.64. The summed E-state index contributed by atoms with van der Waals surface area (Å²) in [6.07, 6.45) is 0.494. The number of hydrogen-bond donors (Lipinski definition) is 1. The predicted octanol–water partition coefficient (Wildman–Crippen LogP) is 3.29. The molecule has 1 atom stereocenters. The maximum atomic E-state index is 12.0. The fourth-order valence-electron chi connectivity index (χ4n) is 1.94. The first-order valence-corrected chi connectivity index (χ1v) is 7.02. The lowest BCUT2D eigenvalue weighted by molar-refractivity contribution is -0.125. The number of nitrogens with one attached hydrogen (secondary N) is 1. The average molecular weight is 302 g/mol. The lowest BCUT2D eigenvalue weighted by atomic mass is 10.1. The zero-order valence-electron chi connectivity index (χ0n) is 11.0. The first-order valence-electron chi connectivity index (χ1n) is 6.27. The highest BCUT2D eigenvalue weighted by Gasteiger charge is 2.67. The van der Waals surface area contributed by atoms with Gasteiger partial charge in [0.25, 0.3) is 0 Å². The molecule has 1 unspecified atom stereocenters. The van der Waals surface area contributed by atoms with E-state index in [1.807, 2.05) is 31.2 Å². The Morgan fingerprint density at radius 3 is 2.74 bits per heavy atom. The molecule has 1 aliphatic carbocycles. The van der Waals surface area contributed by atoms with Crippen molar-refractivity contribution in [1.82, 2.24) is 5.32 Å². The molecule has 5 heteroatoms. The molecule has 0 bridgehead atoms. The fraction of sp³-hybridized carbons (Fsp3) is 0.500. The average Bonchev–Trinajstić information content (AvgIpc) is 2.88. The lowest BCUT2D eigenvalue weighted by Crippen LogP contribution is -2.32. The molecule has 19 heavy (non-hydrogen) atoms. The molecule has 3 nitrogen and oxygen atoms in total. The minimum Gasteiger partial charge on any atom is -0.494 e. The number of halogens is 2. The van der Waals surface area contributed by atoms with Crippen LogP contribution < -0.4 is 10.1 Å². The van der Waals surface area contributed by atoms with Crippen LogP contribution in [0.3, 0.4) is 0 Å². The van der Waals surface area contributed by atoms with E-state index in [2.05, 4.69) is 5.32 Å². The van der Waals surface area contributed by atoms with Crippen LogP contribution in [0, 0.1) is 5.41 Å². The zero-order valence-corrected chi connectivity index (χ0v) is 12.5. The number of hydrogen-bond acceptors (Lipinski definition) is 2. The van der Waals surface area contributed by atoms with Crippen LogP contribution in [0.1, 0.15) is 25.8 Å². The van der Waals surface area contributed by atoms with Gasteiger partial charge in [-0.25, -0.2) is 0 Å². The van der Waals surface area contributed by atoms with Gasteiger partial charge in [0.1, 0.15) is 10.1 Å². The van der Waals surface area contributed by atoms with Crippen molar-refractivity contribution < 1.29 is 9.53 Å². The number of ether oxygens (including phenoxy) is 1. The third-order valence-electron chi connectivity index (χ3n) is 3.42. The summed E-state index contributed by atoms with van der Waals surface area (Å²) in [7, 11) is 0. The minimum atomic E-state index is -0.926. The van der Waals surface area contributed by atoms with Crippen molar-refractivity contribution in [1.29, 1.82) is 0 Å². The van der Waals surface area contributed by atoms with Gasteiger partial charge >= 0.3 is 0 Å². The first kappa shape index (κ1) is 14.5. The Labute approximate surface area is 123 Å². The zero-order chi connectivity index (χ0) is 14.1. The van der Waals surface area contributed by atoms with Crippen molar-refractivity contribution in [2.75, 3.05) is 6.61 Å². The molecule has 1 aliphatic rings. The van der Waals surface area contributed by atoms with E-state index in [1.54, 1.807) is 6.92 Å². The van der Waals surface area contributed by atoms with E-state index < -0.39 is 9.75 Å². The van der Waals surface area contributed by atoms with Gasteiger partial charge in [-0.1, -0.05) is 12.1 Å². The van der Waals surface area contributed by atoms with E-state index in [4.69, 9.17) is 27.9 Å². The molecule has 0 aliphatic heterocycles. The van der Waals surface area contributed by atoms with Crippen LogP contribution in [-0.2, 0) is 11.3 Å². The van der Waals surface area contributed by atoms with Crippen LogP contribution >= 0.6 is 23.2 Å². The molecule has 0 radical (unpaired) electrons. The van der Waals surface area contributed by atoms with Gasteiger partial charge in [-0.3, -0.25) is 4.79 Å². The molecule has 1 aromatic carbocycles.